The average molecular weight is 416 g/mol. The van der Waals surface area contributed by atoms with E-state index in [0.717, 1.165) is 27.8 Å². The second kappa shape index (κ2) is 9.07. The zero-order chi connectivity index (χ0) is 20.9. The van der Waals surface area contributed by atoms with E-state index in [9.17, 15) is 10.1 Å². The molecule has 2 aromatic carbocycles. The third-order valence-electron chi connectivity index (χ3n) is 5.07. The highest BCUT2D eigenvalue weighted by Gasteiger charge is 2.39. The standard InChI is InChI=1S/C22H29NO3SSi/c1-17-12-14-19(15-13-17)27-21(23(24)25)16-20(18-10-8-7-9-11-18)26-28(5,6)22(2,3)4/h7-16,20H,1-6H3/b21-16-/t20-/m1/s1. The number of nitrogens with zero attached hydrogens (tertiary/aromatic N) is 1. The number of thioether (sulfide) groups is 1. The van der Waals surface area contributed by atoms with Gasteiger partial charge in [-0.05, 0) is 54.5 Å². The topological polar surface area (TPSA) is 52.4 Å². The van der Waals surface area contributed by atoms with Gasteiger partial charge in [-0.15, -0.1) is 0 Å². The monoisotopic (exact) mass is 415 g/mol. The van der Waals surface area contributed by atoms with E-state index in [2.05, 4.69) is 33.9 Å². The second-order valence-electron chi connectivity index (χ2n) is 8.39. The fourth-order valence-electron chi connectivity index (χ4n) is 2.32. The third-order valence-corrected chi connectivity index (χ3v) is 10.5. The van der Waals surface area contributed by atoms with Crippen LogP contribution in [0.1, 0.15) is 38.0 Å². The molecule has 0 aliphatic heterocycles. The number of rotatable bonds is 7. The maximum Gasteiger partial charge on any atom is 0.306 e. The van der Waals surface area contributed by atoms with Gasteiger partial charge in [0, 0.05) is 11.0 Å². The lowest BCUT2D eigenvalue weighted by Gasteiger charge is -2.38. The van der Waals surface area contributed by atoms with Crippen LogP contribution in [0, 0.1) is 17.0 Å². The first-order valence-corrected chi connectivity index (χ1v) is 13.1. The summed E-state index contributed by atoms with van der Waals surface area (Å²) in [7, 11) is -2.13. The van der Waals surface area contributed by atoms with Crippen molar-refractivity contribution in [2.45, 2.75) is 56.8 Å². The van der Waals surface area contributed by atoms with Crippen LogP contribution in [0.2, 0.25) is 18.1 Å². The summed E-state index contributed by atoms with van der Waals surface area (Å²) in [6, 6.07) is 17.5. The molecule has 0 radical (unpaired) electrons. The minimum Gasteiger partial charge on any atom is -0.406 e. The molecule has 0 N–H and O–H groups in total. The minimum atomic E-state index is -2.13. The molecule has 2 aromatic rings. The van der Waals surface area contributed by atoms with E-state index in [1.165, 1.54) is 0 Å². The molecule has 0 unspecified atom stereocenters. The molecule has 0 amide bonds. The highest BCUT2D eigenvalue weighted by Crippen LogP contribution is 2.41. The zero-order valence-corrected chi connectivity index (χ0v) is 19.2. The van der Waals surface area contributed by atoms with Crippen molar-refractivity contribution in [3.63, 3.8) is 0 Å². The van der Waals surface area contributed by atoms with Crippen molar-refractivity contribution in [1.82, 2.24) is 0 Å². The Bertz CT molecular complexity index is 827. The Labute approximate surface area is 173 Å². The van der Waals surface area contributed by atoms with Gasteiger partial charge in [0.2, 0.25) is 0 Å². The number of aryl methyl sites for hydroxylation is 1. The smallest absolute Gasteiger partial charge is 0.306 e. The first-order valence-electron chi connectivity index (χ1n) is 9.33. The second-order valence-corrected chi connectivity index (χ2v) is 14.2. The largest absolute Gasteiger partial charge is 0.406 e. The van der Waals surface area contributed by atoms with Gasteiger partial charge < -0.3 is 4.43 Å². The van der Waals surface area contributed by atoms with Gasteiger partial charge in [-0.2, -0.15) is 0 Å². The fraction of sp³-hybridized carbons (Fsp3) is 0.364. The third kappa shape index (κ3) is 6.05. The van der Waals surface area contributed by atoms with Crippen LogP contribution in [-0.4, -0.2) is 13.2 Å². The van der Waals surface area contributed by atoms with Gasteiger partial charge in [-0.3, -0.25) is 10.1 Å². The normalized spacial score (nSPS) is 14.0. The molecule has 28 heavy (non-hydrogen) atoms. The highest BCUT2D eigenvalue weighted by molar-refractivity contribution is 8.02. The van der Waals surface area contributed by atoms with Gasteiger partial charge in [-0.1, -0.05) is 68.8 Å². The molecule has 0 fully saturated rings. The Morgan fingerprint density at radius 1 is 1.11 bits per heavy atom. The first kappa shape index (κ1) is 22.4. The molecule has 0 aliphatic carbocycles. The van der Waals surface area contributed by atoms with Crippen LogP contribution in [0.4, 0.5) is 0 Å². The molecule has 2 rings (SSSR count). The minimum absolute atomic E-state index is 0.00670. The highest BCUT2D eigenvalue weighted by atomic mass is 32.2. The summed E-state index contributed by atoms with van der Waals surface area (Å²) in [6.07, 6.45) is 1.20. The number of nitro groups is 1. The fourth-order valence-corrected chi connectivity index (χ4v) is 4.30. The van der Waals surface area contributed by atoms with Crippen molar-refractivity contribution in [2.24, 2.45) is 0 Å². The van der Waals surface area contributed by atoms with Crippen molar-refractivity contribution in [2.75, 3.05) is 0 Å². The first-order chi connectivity index (χ1) is 13.0. The summed E-state index contributed by atoms with van der Waals surface area (Å²) in [5, 5.41) is 11.9. The molecular formula is C22H29NO3SSi. The van der Waals surface area contributed by atoms with E-state index in [4.69, 9.17) is 4.43 Å². The number of hydrogen-bond acceptors (Lipinski definition) is 4. The molecule has 0 spiro atoms. The van der Waals surface area contributed by atoms with Gasteiger partial charge in [0.15, 0.2) is 8.32 Å². The van der Waals surface area contributed by atoms with Crippen molar-refractivity contribution in [1.29, 1.82) is 0 Å². The van der Waals surface area contributed by atoms with E-state index in [0.29, 0.717) is 0 Å². The Morgan fingerprint density at radius 2 is 1.68 bits per heavy atom. The Kier molecular flexibility index (Phi) is 7.26. The van der Waals surface area contributed by atoms with E-state index in [1.807, 2.05) is 61.5 Å². The quantitative estimate of drug-likeness (QED) is 0.212. The maximum absolute atomic E-state index is 11.8. The van der Waals surface area contributed by atoms with Crippen LogP contribution in [0.3, 0.4) is 0 Å². The van der Waals surface area contributed by atoms with Gasteiger partial charge in [-0.25, -0.2) is 0 Å². The molecule has 0 aromatic heterocycles. The molecule has 0 bridgehead atoms. The summed E-state index contributed by atoms with van der Waals surface area (Å²) in [4.78, 5) is 12.3. The predicted octanol–water partition coefficient (Wildman–Crippen LogP) is 6.97. The SMILES string of the molecule is Cc1ccc(S/C(=C\[C@@H](O[Si](C)(C)C(C)(C)C)c2ccccc2)[N+](=O)[O-])cc1. The number of hydrogen-bond donors (Lipinski definition) is 0. The summed E-state index contributed by atoms with van der Waals surface area (Å²) >= 11 is 1.16. The Morgan fingerprint density at radius 3 is 2.18 bits per heavy atom. The van der Waals surface area contributed by atoms with Gasteiger partial charge in [0.05, 0.1) is 11.0 Å². The van der Waals surface area contributed by atoms with Gasteiger partial charge in [0.1, 0.15) is 0 Å². The Balaban J connectivity index is 2.41. The summed E-state index contributed by atoms with van der Waals surface area (Å²) in [6.45, 7) is 12.8. The van der Waals surface area contributed by atoms with Crippen LogP contribution in [0.15, 0.2) is 70.6 Å². The van der Waals surface area contributed by atoms with E-state index in [1.54, 1.807) is 6.08 Å². The van der Waals surface area contributed by atoms with Crippen LogP contribution in [0.25, 0.3) is 0 Å². The van der Waals surface area contributed by atoms with E-state index < -0.39 is 14.4 Å². The maximum atomic E-state index is 11.8. The number of benzene rings is 2. The van der Waals surface area contributed by atoms with Crippen LogP contribution in [-0.2, 0) is 4.43 Å². The summed E-state index contributed by atoms with van der Waals surface area (Å²) < 4.78 is 6.57. The predicted molar refractivity (Wildman–Crippen MR) is 120 cm³/mol. The molecule has 0 aliphatic rings. The molecule has 0 heterocycles. The molecule has 6 heteroatoms. The molecule has 4 nitrogen and oxygen atoms in total. The lowest BCUT2D eigenvalue weighted by atomic mass is 10.1. The van der Waals surface area contributed by atoms with Crippen molar-refractivity contribution >= 4 is 20.1 Å². The van der Waals surface area contributed by atoms with E-state index >= 15 is 0 Å². The molecule has 0 saturated carbocycles. The lowest BCUT2D eigenvalue weighted by Crippen LogP contribution is -2.41. The van der Waals surface area contributed by atoms with Crippen molar-refractivity contribution in [3.05, 3.63) is 86.9 Å². The summed E-state index contributed by atoms with van der Waals surface area (Å²) in [5.74, 6) is 0. The van der Waals surface area contributed by atoms with Gasteiger partial charge >= 0.3 is 5.03 Å². The van der Waals surface area contributed by atoms with Crippen molar-refractivity contribution < 1.29 is 9.35 Å². The van der Waals surface area contributed by atoms with Crippen LogP contribution in [0.5, 0.6) is 0 Å². The molecule has 150 valence electrons. The molecular weight excluding hydrogens is 386 g/mol. The molecule has 0 saturated heterocycles. The van der Waals surface area contributed by atoms with Gasteiger partial charge in [0.25, 0.3) is 0 Å². The lowest BCUT2D eigenvalue weighted by molar-refractivity contribution is -0.411. The summed E-state index contributed by atoms with van der Waals surface area (Å²) in [5.41, 5.74) is 2.05. The van der Waals surface area contributed by atoms with Crippen molar-refractivity contribution in [3.8, 4) is 0 Å². The Hall–Kier alpha value is -1.89. The average Bonchev–Trinajstić information content (AvgIpc) is 2.61. The molecule has 1 atom stereocenters. The van der Waals surface area contributed by atoms with E-state index in [-0.39, 0.29) is 15.0 Å². The van der Waals surface area contributed by atoms with Crippen LogP contribution < -0.4 is 0 Å². The van der Waals surface area contributed by atoms with Crippen LogP contribution >= 0.6 is 11.8 Å². The zero-order valence-electron chi connectivity index (χ0n) is 17.4.